The van der Waals surface area contributed by atoms with E-state index < -0.39 is 16.1 Å². The number of rotatable bonds is 6. The van der Waals surface area contributed by atoms with Crippen molar-refractivity contribution in [2.24, 2.45) is 0 Å². The second-order valence-corrected chi connectivity index (χ2v) is 6.85. The van der Waals surface area contributed by atoms with Crippen LogP contribution in [0.2, 0.25) is 5.02 Å². The fourth-order valence-electron chi connectivity index (χ4n) is 1.75. The van der Waals surface area contributed by atoms with Gasteiger partial charge in [0.2, 0.25) is 10.0 Å². The molecule has 2 aromatic rings. The van der Waals surface area contributed by atoms with E-state index >= 15 is 0 Å². The van der Waals surface area contributed by atoms with Crippen molar-refractivity contribution in [3.8, 4) is 0 Å². The summed E-state index contributed by atoms with van der Waals surface area (Å²) in [5.74, 6) is 0. The maximum atomic E-state index is 12.0. The fourth-order valence-corrected chi connectivity index (χ4v) is 2.92. The van der Waals surface area contributed by atoms with E-state index in [0.29, 0.717) is 5.02 Å². The Hall–Kier alpha value is -1.66. The molecule has 0 radical (unpaired) electrons. The molecule has 0 aliphatic heterocycles. The lowest BCUT2D eigenvalue weighted by atomic mass is 10.2. The molecule has 1 unspecified atom stereocenters. The summed E-state index contributed by atoms with van der Waals surface area (Å²) >= 11 is 5.72. The summed E-state index contributed by atoms with van der Waals surface area (Å²) < 4.78 is 26.4. The van der Waals surface area contributed by atoms with Gasteiger partial charge in [0.15, 0.2) is 0 Å². The minimum absolute atomic E-state index is 0.103. The largest absolute Gasteiger partial charge is 0.388 e. The number of aliphatic hydroxyl groups excluding tert-OH is 1. The van der Waals surface area contributed by atoms with Gasteiger partial charge in [-0.05, 0) is 29.8 Å². The first kappa shape index (κ1) is 16.7. The highest BCUT2D eigenvalue weighted by Gasteiger charge is 2.14. The van der Waals surface area contributed by atoms with Gasteiger partial charge in [-0.25, -0.2) is 13.1 Å². The van der Waals surface area contributed by atoms with Crippen LogP contribution in [-0.2, 0) is 10.0 Å². The zero-order valence-corrected chi connectivity index (χ0v) is 13.3. The molecule has 0 saturated carbocycles. The summed E-state index contributed by atoms with van der Waals surface area (Å²) in [7, 11) is -3.66. The van der Waals surface area contributed by atoms with E-state index in [1.807, 2.05) is 30.3 Å². The zero-order valence-electron chi connectivity index (χ0n) is 11.7. The summed E-state index contributed by atoms with van der Waals surface area (Å²) in [6.07, 6.45) is 2.36. The van der Waals surface area contributed by atoms with E-state index in [0.717, 1.165) is 5.56 Å². The lowest BCUT2D eigenvalue weighted by Gasteiger charge is -2.09. The summed E-state index contributed by atoms with van der Waals surface area (Å²) in [6, 6.07) is 15.3. The van der Waals surface area contributed by atoms with Crippen molar-refractivity contribution in [2.75, 3.05) is 6.54 Å². The third-order valence-electron chi connectivity index (χ3n) is 2.92. The molecule has 0 fully saturated rings. The topological polar surface area (TPSA) is 66.4 Å². The summed E-state index contributed by atoms with van der Waals surface area (Å²) in [5.41, 5.74) is 0.933. The zero-order chi connectivity index (χ0) is 16.0. The van der Waals surface area contributed by atoms with Crippen LogP contribution >= 0.6 is 11.6 Å². The van der Waals surface area contributed by atoms with Crippen molar-refractivity contribution < 1.29 is 13.5 Å². The predicted octanol–water partition coefficient (Wildman–Crippen LogP) is 2.69. The molecule has 0 amide bonds. The van der Waals surface area contributed by atoms with Gasteiger partial charge in [0.1, 0.15) is 0 Å². The Bertz CT molecular complexity index is 728. The van der Waals surface area contributed by atoms with Gasteiger partial charge in [-0.1, -0.05) is 54.1 Å². The Kier molecular flexibility index (Phi) is 5.74. The third-order valence-corrected chi connectivity index (χ3v) is 4.61. The minimum atomic E-state index is -3.66. The predicted molar refractivity (Wildman–Crippen MR) is 88.1 cm³/mol. The van der Waals surface area contributed by atoms with Crippen molar-refractivity contribution in [1.29, 1.82) is 0 Å². The molecule has 0 bridgehead atoms. The summed E-state index contributed by atoms with van der Waals surface area (Å²) in [6.45, 7) is -0.103. The van der Waals surface area contributed by atoms with Crippen molar-refractivity contribution in [3.05, 3.63) is 71.3 Å². The van der Waals surface area contributed by atoms with Gasteiger partial charge in [0, 0.05) is 11.6 Å². The van der Waals surface area contributed by atoms with Crippen LogP contribution < -0.4 is 4.72 Å². The van der Waals surface area contributed by atoms with Gasteiger partial charge >= 0.3 is 0 Å². The number of aliphatic hydroxyl groups is 1. The highest BCUT2D eigenvalue weighted by molar-refractivity contribution is 7.89. The molecule has 2 N–H and O–H groups in total. The Morgan fingerprint density at radius 3 is 2.36 bits per heavy atom. The Balaban J connectivity index is 1.94. The van der Waals surface area contributed by atoms with E-state index in [1.54, 1.807) is 12.2 Å². The quantitative estimate of drug-likeness (QED) is 0.851. The first-order valence-electron chi connectivity index (χ1n) is 6.64. The van der Waals surface area contributed by atoms with Crippen LogP contribution in [0.5, 0.6) is 0 Å². The van der Waals surface area contributed by atoms with Crippen LogP contribution in [0.15, 0.2) is 65.6 Å². The molecule has 2 rings (SSSR count). The number of nitrogens with one attached hydrogen (secondary N) is 1. The molecule has 116 valence electrons. The molecule has 2 aromatic carbocycles. The molecular weight excluding hydrogens is 322 g/mol. The molecule has 0 spiro atoms. The van der Waals surface area contributed by atoms with Crippen LogP contribution in [0.3, 0.4) is 0 Å². The molecule has 1 atom stereocenters. The highest BCUT2D eigenvalue weighted by Crippen LogP contribution is 2.13. The van der Waals surface area contributed by atoms with Gasteiger partial charge in [0.25, 0.3) is 0 Å². The second-order valence-electron chi connectivity index (χ2n) is 4.64. The van der Waals surface area contributed by atoms with E-state index in [-0.39, 0.29) is 11.4 Å². The van der Waals surface area contributed by atoms with Gasteiger partial charge in [-0.15, -0.1) is 0 Å². The van der Waals surface area contributed by atoms with Crippen molar-refractivity contribution in [1.82, 2.24) is 4.72 Å². The minimum Gasteiger partial charge on any atom is -0.388 e. The molecular formula is C16H16ClNO3S. The average Bonchev–Trinajstić information content (AvgIpc) is 2.52. The van der Waals surface area contributed by atoms with E-state index in [1.165, 1.54) is 24.3 Å². The van der Waals surface area contributed by atoms with Crippen LogP contribution in [0, 0.1) is 0 Å². The molecule has 22 heavy (non-hydrogen) atoms. The maximum absolute atomic E-state index is 12.0. The lowest BCUT2D eigenvalue weighted by molar-refractivity contribution is 0.227. The van der Waals surface area contributed by atoms with Crippen molar-refractivity contribution in [2.45, 2.75) is 11.0 Å². The normalized spacial score (nSPS) is 13.4. The van der Waals surface area contributed by atoms with Crippen LogP contribution in [-0.4, -0.2) is 26.2 Å². The van der Waals surface area contributed by atoms with Crippen LogP contribution in [0.25, 0.3) is 6.08 Å². The molecule has 0 saturated heterocycles. The van der Waals surface area contributed by atoms with Crippen LogP contribution in [0.4, 0.5) is 0 Å². The molecule has 0 aliphatic carbocycles. The highest BCUT2D eigenvalue weighted by atomic mass is 35.5. The van der Waals surface area contributed by atoms with Crippen molar-refractivity contribution >= 4 is 27.7 Å². The Morgan fingerprint density at radius 1 is 1.09 bits per heavy atom. The van der Waals surface area contributed by atoms with E-state index in [2.05, 4.69) is 4.72 Å². The Morgan fingerprint density at radius 2 is 1.73 bits per heavy atom. The smallest absolute Gasteiger partial charge is 0.240 e. The van der Waals surface area contributed by atoms with E-state index in [9.17, 15) is 13.5 Å². The second kappa shape index (κ2) is 7.56. The van der Waals surface area contributed by atoms with E-state index in [4.69, 9.17) is 11.6 Å². The van der Waals surface area contributed by atoms with Crippen molar-refractivity contribution in [3.63, 3.8) is 0 Å². The Labute approximate surface area is 135 Å². The lowest BCUT2D eigenvalue weighted by Crippen LogP contribution is -2.31. The fraction of sp³-hybridized carbons (Fsp3) is 0.125. The number of hydrogen-bond acceptors (Lipinski definition) is 3. The molecule has 0 aliphatic rings. The third kappa shape index (κ3) is 4.96. The van der Waals surface area contributed by atoms with Gasteiger partial charge in [-0.2, -0.15) is 0 Å². The SMILES string of the molecule is O=S(=O)(NCC(O)/C=C/c1ccccc1)c1ccc(Cl)cc1. The first-order valence-corrected chi connectivity index (χ1v) is 8.50. The average molecular weight is 338 g/mol. The van der Waals surface area contributed by atoms with Gasteiger partial charge < -0.3 is 5.11 Å². The standard InChI is InChI=1S/C16H16ClNO3S/c17-14-7-10-16(11-8-14)22(20,21)18-12-15(19)9-6-13-4-2-1-3-5-13/h1-11,15,18-19H,12H2/b9-6+. The number of hydrogen-bond donors (Lipinski definition) is 2. The molecule has 0 heterocycles. The van der Waals surface area contributed by atoms with Gasteiger partial charge in [0.05, 0.1) is 11.0 Å². The maximum Gasteiger partial charge on any atom is 0.240 e. The molecule has 6 heteroatoms. The molecule has 0 aromatic heterocycles. The molecule has 4 nitrogen and oxygen atoms in total. The first-order chi connectivity index (χ1) is 10.5. The van der Waals surface area contributed by atoms with Crippen LogP contribution in [0.1, 0.15) is 5.56 Å². The summed E-state index contributed by atoms with van der Waals surface area (Å²) in [4.78, 5) is 0.108. The monoisotopic (exact) mass is 337 g/mol. The van der Waals surface area contributed by atoms with Gasteiger partial charge in [-0.3, -0.25) is 0 Å². The number of halogens is 1. The number of benzene rings is 2. The summed E-state index contributed by atoms with van der Waals surface area (Å²) in [5, 5.41) is 10.3. The number of sulfonamides is 1.